The van der Waals surface area contributed by atoms with Crippen molar-refractivity contribution in [3.63, 3.8) is 0 Å². The summed E-state index contributed by atoms with van der Waals surface area (Å²) in [5, 5.41) is 8.02. The number of hydrogen-bond acceptors (Lipinski definition) is 3. The minimum absolute atomic E-state index is 0.627. The summed E-state index contributed by atoms with van der Waals surface area (Å²) in [5.41, 5.74) is 1.50. The predicted molar refractivity (Wildman–Crippen MR) is 80.3 cm³/mol. The summed E-state index contributed by atoms with van der Waals surface area (Å²) >= 11 is 1.81. The molecule has 0 aliphatic carbocycles. The van der Waals surface area contributed by atoms with Gasteiger partial charge >= 0.3 is 0 Å². The Morgan fingerprint density at radius 3 is 2.78 bits per heavy atom. The molecule has 3 heteroatoms. The normalized spacial score (nSPS) is 18.6. The number of thiophene rings is 1. The monoisotopic (exact) mass is 266 g/mol. The van der Waals surface area contributed by atoms with Crippen LogP contribution in [0.2, 0.25) is 0 Å². The molecule has 1 saturated heterocycles. The van der Waals surface area contributed by atoms with Crippen molar-refractivity contribution in [2.24, 2.45) is 5.92 Å². The van der Waals surface area contributed by atoms with Crippen LogP contribution in [0, 0.1) is 5.92 Å². The molecule has 0 atom stereocenters. The van der Waals surface area contributed by atoms with Crippen LogP contribution in [0.3, 0.4) is 0 Å². The first-order valence-corrected chi connectivity index (χ1v) is 8.15. The van der Waals surface area contributed by atoms with Gasteiger partial charge in [-0.1, -0.05) is 13.8 Å². The molecule has 2 heterocycles. The molecule has 0 amide bonds. The fourth-order valence-corrected chi connectivity index (χ4v) is 3.24. The summed E-state index contributed by atoms with van der Waals surface area (Å²) in [6.45, 7) is 9.48. The summed E-state index contributed by atoms with van der Waals surface area (Å²) in [5.74, 6) is 0.893. The van der Waals surface area contributed by atoms with Crippen molar-refractivity contribution in [2.45, 2.75) is 39.2 Å². The third-order valence-electron chi connectivity index (χ3n) is 3.82. The highest BCUT2D eigenvalue weighted by Gasteiger charge is 2.18. The maximum Gasteiger partial charge on any atom is 0.00221 e. The lowest BCUT2D eigenvalue weighted by Gasteiger charge is -2.32. The van der Waals surface area contributed by atoms with Gasteiger partial charge in [0.1, 0.15) is 0 Å². The molecular formula is C15H26N2S. The lowest BCUT2D eigenvalue weighted by molar-refractivity contribution is 0.182. The molecule has 1 fully saturated rings. The molecule has 102 valence electrons. The van der Waals surface area contributed by atoms with Crippen molar-refractivity contribution in [3.8, 4) is 0 Å². The average Bonchev–Trinajstić information content (AvgIpc) is 2.88. The summed E-state index contributed by atoms with van der Waals surface area (Å²) in [6.07, 6.45) is 3.95. The topological polar surface area (TPSA) is 15.3 Å². The van der Waals surface area contributed by atoms with Crippen molar-refractivity contribution >= 4 is 11.3 Å². The summed E-state index contributed by atoms with van der Waals surface area (Å²) in [7, 11) is 0. The third kappa shape index (κ3) is 4.71. The third-order valence-corrected chi connectivity index (χ3v) is 4.55. The van der Waals surface area contributed by atoms with Gasteiger partial charge in [0.2, 0.25) is 0 Å². The summed E-state index contributed by atoms with van der Waals surface area (Å²) in [6, 6.07) is 2.88. The fourth-order valence-electron chi connectivity index (χ4n) is 2.54. The largest absolute Gasteiger partial charge is 0.314 e. The van der Waals surface area contributed by atoms with Gasteiger partial charge in [-0.05, 0) is 67.2 Å². The quantitative estimate of drug-likeness (QED) is 0.851. The maximum absolute atomic E-state index is 3.57. The van der Waals surface area contributed by atoms with Crippen molar-refractivity contribution < 1.29 is 0 Å². The molecule has 0 radical (unpaired) electrons. The molecule has 1 aromatic rings. The lowest BCUT2D eigenvalue weighted by Crippen LogP contribution is -2.39. The van der Waals surface area contributed by atoms with E-state index in [9.17, 15) is 0 Å². The van der Waals surface area contributed by atoms with Crippen LogP contribution in [0.5, 0.6) is 0 Å². The van der Waals surface area contributed by atoms with E-state index in [4.69, 9.17) is 0 Å². The number of likely N-dealkylation sites (tertiary alicyclic amines) is 1. The number of nitrogens with one attached hydrogen (secondary N) is 1. The van der Waals surface area contributed by atoms with Gasteiger partial charge in [0.25, 0.3) is 0 Å². The van der Waals surface area contributed by atoms with E-state index in [2.05, 4.69) is 40.9 Å². The number of hydrogen-bond donors (Lipinski definition) is 1. The molecule has 0 saturated carbocycles. The molecule has 1 aliphatic heterocycles. The average molecular weight is 266 g/mol. The van der Waals surface area contributed by atoms with Gasteiger partial charge in [-0.15, -0.1) is 0 Å². The van der Waals surface area contributed by atoms with Crippen LogP contribution in [0.4, 0.5) is 0 Å². The maximum atomic E-state index is 3.57. The molecule has 18 heavy (non-hydrogen) atoms. The van der Waals surface area contributed by atoms with Crippen molar-refractivity contribution in [1.29, 1.82) is 0 Å². The van der Waals surface area contributed by atoms with E-state index >= 15 is 0 Å². The zero-order valence-corrected chi connectivity index (χ0v) is 12.5. The van der Waals surface area contributed by atoms with Crippen LogP contribution in [0.25, 0.3) is 0 Å². The fraction of sp³-hybridized carbons (Fsp3) is 0.733. The lowest BCUT2D eigenvalue weighted by atomic mass is 9.96. The summed E-state index contributed by atoms with van der Waals surface area (Å²) in [4.78, 5) is 2.63. The van der Waals surface area contributed by atoms with Gasteiger partial charge in [0.15, 0.2) is 0 Å². The SMILES string of the molecule is CC(C)NCC1CCN(CCc2ccsc2)CC1. The first kappa shape index (κ1) is 14.0. The smallest absolute Gasteiger partial charge is 0.00221 e. The molecular weight excluding hydrogens is 240 g/mol. The minimum atomic E-state index is 0.627. The van der Waals surface area contributed by atoms with E-state index in [1.54, 1.807) is 0 Å². The van der Waals surface area contributed by atoms with Crippen molar-refractivity contribution in [3.05, 3.63) is 22.4 Å². The highest BCUT2D eigenvalue weighted by atomic mass is 32.1. The second-order valence-electron chi connectivity index (χ2n) is 5.73. The Morgan fingerprint density at radius 2 is 2.17 bits per heavy atom. The predicted octanol–water partition coefficient (Wildman–Crippen LogP) is 3.00. The van der Waals surface area contributed by atoms with Gasteiger partial charge in [-0.25, -0.2) is 0 Å². The minimum Gasteiger partial charge on any atom is -0.314 e. The molecule has 2 nitrogen and oxygen atoms in total. The molecule has 0 aromatic carbocycles. The van der Waals surface area contributed by atoms with Gasteiger partial charge in [0.05, 0.1) is 0 Å². The molecule has 1 aliphatic rings. The van der Waals surface area contributed by atoms with E-state index < -0.39 is 0 Å². The molecule has 2 rings (SSSR count). The number of piperidine rings is 1. The van der Waals surface area contributed by atoms with Crippen LogP contribution in [0.15, 0.2) is 16.8 Å². The molecule has 1 N–H and O–H groups in total. The first-order valence-electron chi connectivity index (χ1n) is 7.21. The van der Waals surface area contributed by atoms with Crippen LogP contribution >= 0.6 is 11.3 Å². The zero-order chi connectivity index (χ0) is 12.8. The number of nitrogens with zero attached hydrogens (tertiary/aromatic N) is 1. The number of rotatable bonds is 6. The Kier molecular flexibility index (Phi) is 5.67. The van der Waals surface area contributed by atoms with E-state index in [1.807, 2.05) is 11.3 Å². The summed E-state index contributed by atoms with van der Waals surface area (Å²) < 4.78 is 0. The molecule has 0 bridgehead atoms. The van der Waals surface area contributed by atoms with Crippen molar-refractivity contribution in [1.82, 2.24) is 10.2 Å². The van der Waals surface area contributed by atoms with Crippen LogP contribution in [-0.2, 0) is 6.42 Å². The van der Waals surface area contributed by atoms with E-state index in [-0.39, 0.29) is 0 Å². The van der Waals surface area contributed by atoms with Crippen molar-refractivity contribution in [2.75, 3.05) is 26.2 Å². The van der Waals surface area contributed by atoms with E-state index in [0.717, 1.165) is 5.92 Å². The van der Waals surface area contributed by atoms with Gasteiger partial charge in [-0.2, -0.15) is 11.3 Å². The Balaban J connectivity index is 1.61. The molecule has 0 unspecified atom stereocenters. The second kappa shape index (κ2) is 7.27. The van der Waals surface area contributed by atoms with Crippen LogP contribution < -0.4 is 5.32 Å². The van der Waals surface area contributed by atoms with E-state index in [1.165, 1.54) is 51.0 Å². The van der Waals surface area contributed by atoms with Gasteiger partial charge < -0.3 is 10.2 Å². The highest BCUT2D eigenvalue weighted by Crippen LogP contribution is 2.17. The molecule has 1 aromatic heterocycles. The van der Waals surface area contributed by atoms with Gasteiger partial charge in [-0.3, -0.25) is 0 Å². The van der Waals surface area contributed by atoms with Gasteiger partial charge in [0, 0.05) is 12.6 Å². The first-order chi connectivity index (χ1) is 8.74. The van der Waals surface area contributed by atoms with E-state index in [0.29, 0.717) is 6.04 Å². The van der Waals surface area contributed by atoms with Crippen LogP contribution in [-0.4, -0.2) is 37.1 Å². The Morgan fingerprint density at radius 1 is 1.39 bits per heavy atom. The highest BCUT2D eigenvalue weighted by molar-refractivity contribution is 7.07. The Labute approximate surface area is 115 Å². The molecule has 0 spiro atoms. The standard InChI is InChI=1S/C15H26N2S/c1-13(2)16-11-14-3-7-17(8-4-14)9-5-15-6-10-18-12-15/h6,10,12-14,16H,3-5,7-9,11H2,1-2H3. The Hall–Kier alpha value is -0.380. The zero-order valence-electron chi connectivity index (χ0n) is 11.7. The second-order valence-corrected chi connectivity index (χ2v) is 6.51. The van der Waals surface area contributed by atoms with Crippen LogP contribution in [0.1, 0.15) is 32.3 Å². The Bertz CT molecular complexity index is 313.